The maximum Gasteiger partial charge on any atom is 0.0530 e. The molecule has 2 aromatic heterocycles. The van der Waals surface area contributed by atoms with Crippen LogP contribution in [0.5, 0.6) is 0 Å². The van der Waals surface area contributed by atoms with E-state index in [4.69, 9.17) is 11.6 Å². The number of hydrogen-bond acceptors (Lipinski definition) is 2. The van der Waals surface area contributed by atoms with Crippen LogP contribution >= 0.6 is 11.6 Å². The van der Waals surface area contributed by atoms with E-state index in [9.17, 15) is 0 Å². The summed E-state index contributed by atoms with van der Waals surface area (Å²) in [5.74, 6) is 0. The van der Waals surface area contributed by atoms with Crippen molar-refractivity contribution in [3.8, 4) is 0 Å². The summed E-state index contributed by atoms with van der Waals surface area (Å²) >= 11 is 6.29. The fourth-order valence-electron chi connectivity index (χ4n) is 3.78. The third-order valence-corrected chi connectivity index (χ3v) is 5.56. The molecule has 3 nitrogen and oxygen atoms in total. The molecule has 0 fully saturated rings. The quantitative estimate of drug-likeness (QED) is 0.628. The first kappa shape index (κ1) is 16.4. The zero-order chi connectivity index (χ0) is 17.6. The fourth-order valence-corrected chi connectivity index (χ4v) is 3.96. The first-order valence-corrected chi connectivity index (χ1v) is 9.05. The van der Waals surface area contributed by atoms with Crippen LogP contribution in [0.15, 0.2) is 42.7 Å². The molecule has 4 heteroatoms. The summed E-state index contributed by atoms with van der Waals surface area (Å²) in [5, 5.41) is 2.07. The van der Waals surface area contributed by atoms with E-state index in [1.807, 2.05) is 24.5 Å². The van der Waals surface area contributed by atoms with Crippen LogP contribution in [0.4, 0.5) is 0 Å². The summed E-state index contributed by atoms with van der Waals surface area (Å²) in [6.07, 6.45) is 7.01. The van der Waals surface area contributed by atoms with Gasteiger partial charge in [0.25, 0.3) is 0 Å². The van der Waals surface area contributed by atoms with Gasteiger partial charge in [0.1, 0.15) is 0 Å². The Hall–Kier alpha value is -2.10. The minimum absolute atomic E-state index is 0.368. The van der Waals surface area contributed by atoms with Crippen LogP contribution in [0.2, 0.25) is 5.02 Å². The number of benzene rings is 1. The molecular formula is C21H22ClN3. The monoisotopic (exact) mass is 351 g/mol. The Kier molecular flexibility index (Phi) is 4.14. The molecule has 3 heterocycles. The van der Waals surface area contributed by atoms with Crippen molar-refractivity contribution in [1.82, 2.24) is 14.5 Å². The molecule has 1 unspecified atom stereocenters. The Bertz CT molecular complexity index is 956. The highest BCUT2D eigenvalue weighted by Crippen LogP contribution is 2.38. The summed E-state index contributed by atoms with van der Waals surface area (Å²) in [7, 11) is 2.19. The summed E-state index contributed by atoms with van der Waals surface area (Å²) in [6, 6.07) is 10.7. The highest BCUT2D eigenvalue weighted by molar-refractivity contribution is 6.31. The second-order valence-corrected chi connectivity index (χ2v) is 7.29. The molecule has 0 radical (unpaired) electrons. The van der Waals surface area contributed by atoms with Gasteiger partial charge < -0.3 is 4.57 Å². The number of likely N-dealkylation sites (N-methyl/N-ethyl adjacent to an activating group) is 1. The number of fused-ring (bicyclic) bond motifs is 3. The first-order chi connectivity index (χ1) is 12.1. The van der Waals surface area contributed by atoms with Crippen molar-refractivity contribution in [3.63, 3.8) is 0 Å². The molecule has 0 spiro atoms. The fraction of sp³-hybridized carbons (Fsp3) is 0.286. The van der Waals surface area contributed by atoms with Crippen molar-refractivity contribution in [2.45, 2.75) is 26.3 Å². The minimum atomic E-state index is 0.368. The summed E-state index contributed by atoms with van der Waals surface area (Å²) in [6.45, 7) is 5.50. The predicted octanol–water partition coefficient (Wildman–Crippen LogP) is 5.26. The van der Waals surface area contributed by atoms with Crippen molar-refractivity contribution >= 4 is 34.3 Å². The average molecular weight is 352 g/mol. The van der Waals surface area contributed by atoms with Gasteiger partial charge in [0.15, 0.2) is 0 Å². The number of nitrogens with zero attached hydrogens (tertiary/aromatic N) is 3. The lowest BCUT2D eigenvalue weighted by atomic mass is 9.99. The lowest BCUT2D eigenvalue weighted by molar-refractivity contribution is 0.242. The van der Waals surface area contributed by atoms with Crippen LogP contribution in [-0.2, 0) is 6.42 Å². The summed E-state index contributed by atoms with van der Waals surface area (Å²) < 4.78 is 2.35. The Morgan fingerprint density at radius 1 is 1.32 bits per heavy atom. The number of rotatable bonds is 2. The third-order valence-electron chi connectivity index (χ3n) is 5.32. The van der Waals surface area contributed by atoms with Gasteiger partial charge in [0, 0.05) is 47.3 Å². The van der Waals surface area contributed by atoms with Crippen molar-refractivity contribution in [3.05, 3.63) is 64.6 Å². The molecule has 1 atom stereocenters. The molecule has 25 heavy (non-hydrogen) atoms. The summed E-state index contributed by atoms with van der Waals surface area (Å²) in [4.78, 5) is 6.66. The van der Waals surface area contributed by atoms with Crippen LogP contribution < -0.4 is 0 Å². The molecule has 1 aliphatic heterocycles. The number of halogens is 1. The largest absolute Gasteiger partial charge is 0.318 e. The van der Waals surface area contributed by atoms with E-state index < -0.39 is 0 Å². The first-order valence-electron chi connectivity index (χ1n) is 8.67. The van der Waals surface area contributed by atoms with E-state index in [0.717, 1.165) is 23.6 Å². The zero-order valence-electron chi connectivity index (χ0n) is 14.8. The molecule has 4 rings (SSSR count). The Morgan fingerprint density at radius 2 is 2.16 bits per heavy atom. The van der Waals surface area contributed by atoms with Crippen molar-refractivity contribution in [1.29, 1.82) is 0 Å². The molecule has 0 saturated heterocycles. The van der Waals surface area contributed by atoms with Crippen molar-refractivity contribution in [2.75, 3.05) is 13.6 Å². The minimum Gasteiger partial charge on any atom is -0.318 e. The molecule has 0 bridgehead atoms. The van der Waals surface area contributed by atoms with Crippen LogP contribution in [0.25, 0.3) is 22.7 Å². The van der Waals surface area contributed by atoms with Gasteiger partial charge in [0.05, 0.1) is 5.52 Å². The van der Waals surface area contributed by atoms with Crippen LogP contribution in [-0.4, -0.2) is 28.0 Å². The van der Waals surface area contributed by atoms with E-state index in [0.29, 0.717) is 6.04 Å². The highest BCUT2D eigenvalue weighted by atomic mass is 35.5. The predicted molar refractivity (Wildman–Crippen MR) is 106 cm³/mol. The molecule has 0 saturated carbocycles. The molecule has 0 amide bonds. The number of aromatic nitrogens is 2. The lowest BCUT2D eigenvalue weighted by Crippen LogP contribution is -2.31. The molecular weight excluding hydrogens is 330 g/mol. The topological polar surface area (TPSA) is 21.1 Å². The van der Waals surface area contributed by atoms with Crippen molar-refractivity contribution < 1.29 is 0 Å². The van der Waals surface area contributed by atoms with Gasteiger partial charge in [-0.05, 0) is 68.3 Å². The Balaban J connectivity index is 1.97. The number of allylic oxidation sites excluding steroid dienone is 1. The maximum absolute atomic E-state index is 6.29. The smallest absolute Gasteiger partial charge is 0.0530 e. The second-order valence-electron chi connectivity index (χ2n) is 6.86. The van der Waals surface area contributed by atoms with Gasteiger partial charge in [-0.2, -0.15) is 0 Å². The molecule has 1 aromatic carbocycles. The highest BCUT2D eigenvalue weighted by Gasteiger charge is 2.27. The van der Waals surface area contributed by atoms with Gasteiger partial charge in [-0.3, -0.25) is 9.88 Å². The molecule has 1 aliphatic rings. The maximum atomic E-state index is 6.29. The van der Waals surface area contributed by atoms with E-state index in [-0.39, 0.29) is 0 Å². The zero-order valence-corrected chi connectivity index (χ0v) is 15.6. The van der Waals surface area contributed by atoms with Crippen LogP contribution in [0.3, 0.4) is 0 Å². The average Bonchev–Trinajstić information content (AvgIpc) is 2.92. The van der Waals surface area contributed by atoms with Crippen molar-refractivity contribution in [2.24, 2.45) is 0 Å². The molecule has 0 aliphatic carbocycles. The van der Waals surface area contributed by atoms with Gasteiger partial charge in [-0.15, -0.1) is 0 Å². The third kappa shape index (κ3) is 2.78. The van der Waals surface area contributed by atoms with Gasteiger partial charge in [-0.25, -0.2) is 0 Å². The van der Waals surface area contributed by atoms with Gasteiger partial charge in [-0.1, -0.05) is 17.7 Å². The molecule has 128 valence electrons. The Labute approximate surface area is 153 Å². The van der Waals surface area contributed by atoms with E-state index in [1.54, 1.807) is 0 Å². The van der Waals surface area contributed by atoms with E-state index in [2.05, 4.69) is 59.7 Å². The number of hydrogen-bond donors (Lipinski definition) is 0. The van der Waals surface area contributed by atoms with Gasteiger partial charge in [0.2, 0.25) is 0 Å². The second kappa shape index (κ2) is 6.32. The SMILES string of the molecule is CC(=Cn1c2c(c3cc(Cl)ccc31)CCN(C)C2C)c1cccnc1. The van der Waals surface area contributed by atoms with E-state index >= 15 is 0 Å². The lowest BCUT2D eigenvalue weighted by Gasteiger charge is -2.31. The molecule has 3 aromatic rings. The summed E-state index contributed by atoms with van der Waals surface area (Å²) in [5.41, 5.74) is 6.36. The van der Waals surface area contributed by atoms with Gasteiger partial charge >= 0.3 is 0 Å². The van der Waals surface area contributed by atoms with E-state index in [1.165, 1.54) is 27.7 Å². The Morgan fingerprint density at radius 3 is 2.92 bits per heavy atom. The molecule has 0 N–H and O–H groups in total. The van der Waals surface area contributed by atoms with Crippen LogP contribution in [0.1, 0.15) is 36.7 Å². The standard InChI is InChI=1S/C21H22ClN3/c1-14(16-5-4-9-23-12-16)13-25-20-7-6-17(22)11-19(20)18-8-10-24(3)15(2)21(18)25/h4-7,9,11-13,15H,8,10H2,1-3H3. The van der Waals surface area contributed by atoms with Crippen LogP contribution in [0, 0.1) is 0 Å². The number of pyridine rings is 1. The normalized spacial score (nSPS) is 18.6.